The van der Waals surface area contributed by atoms with Crippen molar-refractivity contribution in [3.8, 4) is 5.88 Å². The zero-order valence-electron chi connectivity index (χ0n) is 11.6. The van der Waals surface area contributed by atoms with E-state index in [1.807, 2.05) is 36.1 Å². The third-order valence-corrected chi connectivity index (χ3v) is 3.54. The summed E-state index contributed by atoms with van der Waals surface area (Å²) in [6.45, 7) is 4.51. The van der Waals surface area contributed by atoms with E-state index in [1.54, 1.807) is 6.33 Å². The van der Waals surface area contributed by atoms with Gasteiger partial charge in [-0.2, -0.15) is 5.10 Å². The number of nitrogens with zero attached hydrogens (tertiary/aromatic N) is 5. The molecule has 0 N–H and O–H groups in total. The maximum atomic E-state index is 5.44. The first-order chi connectivity index (χ1) is 9.86. The Hall–Kier alpha value is -2.11. The van der Waals surface area contributed by atoms with Gasteiger partial charge in [-0.1, -0.05) is 0 Å². The smallest absolute Gasteiger partial charge is 0.218 e. The van der Waals surface area contributed by atoms with Gasteiger partial charge < -0.3 is 9.64 Å². The van der Waals surface area contributed by atoms with Crippen LogP contribution in [0.5, 0.6) is 5.88 Å². The summed E-state index contributed by atoms with van der Waals surface area (Å²) in [6, 6.07) is 4.29. The lowest BCUT2D eigenvalue weighted by molar-refractivity contribution is 0.325. The summed E-state index contributed by atoms with van der Waals surface area (Å²) >= 11 is 0. The molecule has 1 aliphatic heterocycles. The second-order valence-electron chi connectivity index (χ2n) is 4.88. The molecule has 0 unspecified atom stereocenters. The van der Waals surface area contributed by atoms with Gasteiger partial charge in [-0.05, 0) is 25.8 Å². The van der Waals surface area contributed by atoms with Crippen LogP contribution in [0.1, 0.15) is 25.8 Å². The first-order valence-electron chi connectivity index (χ1n) is 7.05. The molecule has 0 saturated carbocycles. The summed E-state index contributed by atoms with van der Waals surface area (Å²) in [5.41, 5.74) is 0. The summed E-state index contributed by atoms with van der Waals surface area (Å²) in [4.78, 5) is 10.8. The molecule has 1 aliphatic rings. The lowest BCUT2D eigenvalue weighted by Gasteiger charge is -2.33. The van der Waals surface area contributed by atoms with Crippen molar-refractivity contribution in [2.24, 2.45) is 0 Å². The molecule has 0 amide bonds. The molecule has 2 aromatic rings. The molecule has 20 heavy (non-hydrogen) atoms. The third-order valence-electron chi connectivity index (χ3n) is 3.54. The molecule has 6 heteroatoms. The van der Waals surface area contributed by atoms with Gasteiger partial charge in [0.05, 0.1) is 12.6 Å². The summed E-state index contributed by atoms with van der Waals surface area (Å²) in [7, 11) is 0. The SMILES string of the molecule is CCOc1cc(N2CCC[C@@H](n3cccn3)C2)ncn1. The second-order valence-corrected chi connectivity index (χ2v) is 4.88. The fourth-order valence-corrected chi connectivity index (χ4v) is 2.61. The Balaban J connectivity index is 1.74. The van der Waals surface area contributed by atoms with E-state index in [0.29, 0.717) is 18.5 Å². The molecule has 106 valence electrons. The molecule has 0 spiro atoms. The minimum Gasteiger partial charge on any atom is -0.478 e. The average Bonchev–Trinajstić information content (AvgIpc) is 3.02. The van der Waals surface area contributed by atoms with Crippen LogP contribution in [-0.2, 0) is 0 Å². The number of anilines is 1. The van der Waals surface area contributed by atoms with Crippen molar-refractivity contribution in [2.45, 2.75) is 25.8 Å². The molecule has 0 aromatic carbocycles. The van der Waals surface area contributed by atoms with E-state index in [1.165, 1.54) is 0 Å². The Labute approximate surface area is 118 Å². The number of aromatic nitrogens is 4. The van der Waals surface area contributed by atoms with Crippen LogP contribution < -0.4 is 9.64 Å². The molecule has 0 bridgehead atoms. The van der Waals surface area contributed by atoms with Crippen molar-refractivity contribution in [1.29, 1.82) is 0 Å². The topological polar surface area (TPSA) is 56.1 Å². The van der Waals surface area contributed by atoms with Crippen molar-refractivity contribution in [1.82, 2.24) is 19.7 Å². The molecule has 2 aromatic heterocycles. The summed E-state index contributed by atoms with van der Waals surface area (Å²) in [5.74, 6) is 1.57. The molecule has 3 heterocycles. The van der Waals surface area contributed by atoms with Gasteiger partial charge in [-0.25, -0.2) is 9.97 Å². The number of ether oxygens (including phenoxy) is 1. The standard InChI is InChI=1S/C14H19N5O/c1-2-20-14-9-13(15-11-16-14)18-7-3-5-12(10-18)19-8-4-6-17-19/h4,6,8-9,11-12H,2-3,5,7,10H2,1H3/t12-/m1/s1. The van der Waals surface area contributed by atoms with Gasteiger partial charge in [0.15, 0.2) is 0 Å². The zero-order chi connectivity index (χ0) is 13.8. The summed E-state index contributed by atoms with van der Waals surface area (Å²) < 4.78 is 7.48. The lowest BCUT2D eigenvalue weighted by atomic mass is 10.1. The molecule has 1 fully saturated rings. The highest BCUT2D eigenvalue weighted by atomic mass is 16.5. The van der Waals surface area contributed by atoms with E-state index in [0.717, 1.165) is 31.7 Å². The van der Waals surface area contributed by atoms with Crippen molar-refractivity contribution < 1.29 is 4.74 Å². The normalized spacial score (nSPS) is 19.1. The molecule has 1 saturated heterocycles. The van der Waals surface area contributed by atoms with Crippen LogP contribution in [0.2, 0.25) is 0 Å². The predicted octanol–water partition coefficient (Wildman–Crippen LogP) is 1.91. The van der Waals surface area contributed by atoms with E-state index >= 15 is 0 Å². The number of rotatable bonds is 4. The quantitative estimate of drug-likeness (QED) is 0.851. The van der Waals surface area contributed by atoms with Crippen molar-refractivity contribution in [3.63, 3.8) is 0 Å². The Morgan fingerprint density at radius 2 is 2.35 bits per heavy atom. The highest BCUT2D eigenvalue weighted by molar-refractivity contribution is 5.41. The Morgan fingerprint density at radius 1 is 1.40 bits per heavy atom. The monoisotopic (exact) mass is 273 g/mol. The minimum absolute atomic E-state index is 0.407. The van der Waals surface area contributed by atoms with E-state index < -0.39 is 0 Å². The van der Waals surface area contributed by atoms with Gasteiger partial charge in [0.1, 0.15) is 12.1 Å². The second kappa shape index (κ2) is 5.90. The Bertz CT molecular complexity index is 542. The van der Waals surface area contributed by atoms with E-state index in [-0.39, 0.29) is 0 Å². The molecule has 3 rings (SSSR count). The fraction of sp³-hybridized carbons (Fsp3) is 0.500. The van der Waals surface area contributed by atoms with Crippen molar-refractivity contribution >= 4 is 5.82 Å². The van der Waals surface area contributed by atoms with Crippen molar-refractivity contribution in [3.05, 3.63) is 30.9 Å². The molecular formula is C14H19N5O. The largest absolute Gasteiger partial charge is 0.478 e. The predicted molar refractivity (Wildman–Crippen MR) is 75.9 cm³/mol. The van der Waals surface area contributed by atoms with Crippen LogP contribution in [0.3, 0.4) is 0 Å². The van der Waals surface area contributed by atoms with Gasteiger partial charge in [-0.3, -0.25) is 4.68 Å². The van der Waals surface area contributed by atoms with Gasteiger partial charge in [0, 0.05) is 31.5 Å². The Morgan fingerprint density at radius 3 is 3.15 bits per heavy atom. The highest BCUT2D eigenvalue weighted by Gasteiger charge is 2.22. The minimum atomic E-state index is 0.407. The highest BCUT2D eigenvalue weighted by Crippen LogP contribution is 2.25. The average molecular weight is 273 g/mol. The van der Waals surface area contributed by atoms with Gasteiger partial charge in [0.2, 0.25) is 5.88 Å². The first kappa shape index (κ1) is 12.9. The van der Waals surface area contributed by atoms with Crippen LogP contribution in [0, 0.1) is 0 Å². The van der Waals surface area contributed by atoms with Crippen LogP contribution in [0.4, 0.5) is 5.82 Å². The maximum absolute atomic E-state index is 5.44. The molecule has 6 nitrogen and oxygen atoms in total. The van der Waals surface area contributed by atoms with E-state index in [4.69, 9.17) is 4.74 Å². The molecule has 0 aliphatic carbocycles. The molecule has 1 atom stereocenters. The van der Waals surface area contributed by atoms with Gasteiger partial charge in [-0.15, -0.1) is 0 Å². The van der Waals surface area contributed by atoms with Crippen LogP contribution >= 0.6 is 0 Å². The van der Waals surface area contributed by atoms with Crippen LogP contribution in [0.25, 0.3) is 0 Å². The third kappa shape index (κ3) is 2.74. The maximum Gasteiger partial charge on any atom is 0.218 e. The summed E-state index contributed by atoms with van der Waals surface area (Å²) in [6.07, 6.45) is 7.72. The van der Waals surface area contributed by atoms with Gasteiger partial charge in [0.25, 0.3) is 0 Å². The Kier molecular flexibility index (Phi) is 3.80. The van der Waals surface area contributed by atoms with E-state index in [2.05, 4.69) is 20.0 Å². The van der Waals surface area contributed by atoms with E-state index in [9.17, 15) is 0 Å². The molecular weight excluding hydrogens is 254 g/mol. The number of hydrogen-bond donors (Lipinski definition) is 0. The summed E-state index contributed by atoms with van der Waals surface area (Å²) in [5, 5.41) is 4.35. The van der Waals surface area contributed by atoms with Gasteiger partial charge >= 0.3 is 0 Å². The fourth-order valence-electron chi connectivity index (χ4n) is 2.61. The van der Waals surface area contributed by atoms with Crippen LogP contribution in [0.15, 0.2) is 30.9 Å². The first-order valence-corrected chi connectivity index (χ1v) is 7.05. The lowest BCUT2D eigenvalue weighted by Crippen LogP contribution is -2.37. The van der Waals surface area contributed by atoms with Crippen LogP contribution in [-0.4, -0.2) is 39.4 Å². The van der Waals surface area contributed by atoms with Crippen molar-refractivity contribution in [2.75, 3.05) is 24.6 Å². The number of piperidine rings is 1. The number of hydrogen-bond acceptors (Lipinski definition) is 5. The zero-order valence-corrected chi connectivity index (χ0v) is 11.6. The molecule has 0 radical (unpaired) electrons.